The van der Waals surface area contributed by atoms with Crippen LogP contribution >= 0.6 is 0 Å². The Morgan fingerprint density at radius 3 is 2.62 bits per heavy atom. The standard InChI is InChI=1S/C24H28N6O4/c1-14-19(31)20(32)23(34-14)30-21-18(29-24(30)26-11-16-4-2-3-5-16)22(28-13-27-21)33-12-17-8-6-15(10-25)7-9-17/h6-9,13-14,16,19-20,23,31-32H,2-5,11-12H2,1H3,(H,26,29)/t14-,19-,20-,23-/m1/s1. The number of aromatic nitrogens is 4. The molecule has 0 spiro atoms. The van der Waals surface area contributed by atoms with E-state index < -0.39 is 24.5 Å². The van der Waals surface area contributed by atoms with Crippen LogP contribution in [0, 0.1) is 17.2 Å². The molecule has 34 heavy (non-hydrogen) atoms. The maximum absolute atomic E-state index is 10.7. The summed E-state index contributed by atoms with van der Waals surface area (Å²) >= 11 is 0. The number of nitrogens with zero attached hydrogens (tertiary/aromatic N) is 5. The number of hydrogen-bond donors (Lipinski definition) is 3. The molecule has 0 amide bonds. The van der Waals surface area contributed by atoms with Gasteiger partial charge in [0, 0.05) is 6.54 Å². The molecule has 1 aliphatic heterocycles. The van der Waals surface area contributed by atoms with Crippen LogP contribution in [0.25, 0.3) is 11.2 Å². The van der Waals surface area contributed by atoms with Gasteiger partial charge >= 0.3 is 0 Å². The van der Waals surface area contributed by atoms with E-state index >= 15 is 0 Å². The molecule has 1 aromatic carbocycles. The van der Waals surface area contributed by atoms with Gasteiger partial charge in [-0.15, -0.1) is 0 Å². The molecule has 2 fully saturated rings. The fraction of sp³-hybridized carbons (Fsp3) is 0.500. The van der Waals surface area contributed by atoms with E-state index in [-0.39, 0.29) is 6.61 Å². The molecule has 0 radical (unpaired) electrons. The van der Waals surface area contributed by atoms with E-state index in [1.54, 1.807) is 23.6 Å². The summed E-state index contributed by atoms with van der Waals surface area (Å²) in [5, 5.41) is 33.4. The van der Waals surface area contributed by atoms with E-state index in [1.807, 2.05) is 12.1 Å². The van der Waals surface area contributed by atoms with E-state index in [0.717, 1.165) is 12.1 Å². The normalized spacial score (nSPS) is 25.0. The number of anilines is 1. The van der Waals surface area contributed by atoms with Crippen LogP contribution in [0.5, 0.6) is 5.88 Å². The lowest BCUT2D eigenvalue weighted by molar-refractivity contribution is -0.0287. The maximum Gasteiger partial charge on any atom is 0.245 e. The fourth-order valence-electron chi connectivity index (χ4n) is 4.68. The van der Waals surface area contributed by atoms with Crippen LogP contribution in [-0.4, -0.2) is 54.6 Å². The van der Waals surface area contributed by atoms with Crippen LogP contribution in [0.2, 0.25) is 0 Å². The summed E-state index contributed by atoms with van der Waals surface area (Å²) in [7, 11) is 0. The Hall–Kier alpha value is -3.26. The Balaban J connectivity index is 1.46. The Morgan fingerprint density at radius 1 is 1.18 bits per heavy atom. The third-order valence-corrected chi connectivity index (χ3v) is 6.66. The van der Waals surface area contributed by atoms with Crippen molar-refractivity contribution in [3.05, 3.63) is 41.7 Å². The molecule has 2 aliphatic rings. The van der Waals surface area contributed by atoms with Gasteiger partial charge in [-0.2, -0.15) is 10.2 Å². The number of aliphatic hydroxyl groups is 2. The van der Waals surface area contributed by atoms with Gasteiger partial charge in [0.15, 0.2) is 17.4 Å². The first-order valence-corrected chi connectivity index (χ1v) is 11.7. The monoisotopic (exact) mass is 464 g/mol. The summed E-state index contributed by atoms with van der Waals surface area (Å²) in [4.78, 5) is 13.4. The van der Waals surface area contributed by atoms with E-state index in [1.165, 1.54) is 32.0 Å². The maximum atomic E-state index is 10.7. The minimum Gasteiger partial charge on any atom is -0.471 e. The summed E-state index contributed by atoms with van der Waals surface area (Å²) in [5.41, 5.74) is 2.35. The molecule has 3 N–H and O–H groups in total. The van der Waals surface area contributed by atoms with Gasteiger partial charge in [0.25, 0.3) is 0 Å². The second-order valence-electron chi connectivity index (χ2n) is 9.00. The lowest BCUT2D eigenvalue weighted by Crippen LogP contribution is -2.31. The zero-order valence-electron chi connectivity index (χ0n) is 19.0. The third kappa shape index (κ3) is 4.30. The lowest BCUT2D eigenvalue weighted by Gasteiger charge is -2.20. The summed E-state index contributed by atoms with van der Waals surface area (Å²) < 4.78 is 13.6. The smallest absolute Gasteiger partial charge is 0.245 e. The molecular weight excluding hydrogens is 436 g/mol. The highest BCUT2D eigenvalue weighted by Gasteiger charge is 2.43. The molecule has 2 aromatic heterocycles. The molecule has 178 valence electrons. The number of rotatable bonds is 7. The molecule has 10 heteroatoms. The van der Waals surface area contributed by atoms with Crippen molar-refractivity contribution in [3.8, 4) is 11.9 Å². The van der Waals surface area contributed by atoms with Crippen LogP contribution in [-0.2, 0) is 11.3 Å². The summed E-state index contributed by atoms with van der Waals surface area (Å²) in [6.45, 7) is 2.71. The molecular formula is C24H28N6O4. The van der Waals surface area contributed by atoms with Gasteiger partial charge in [0.2, 0.25) is 11.8 Å². The van der Waals surface area contributed by atoms with Gasteiger partial charge in [0.1, 0.15) is 25.1 Å². The van der Waals surface area contributed by atoms with Crippen molar-refractivity contribution in [2.75, 3.05) is 11.9 Å². The van der Waals surface area contributed by atoms with Gasteiger partial charge in [0.05, 0.1) is 17.7 Å². The first-order chi connectivity index (χ1) is 16.5. The zero-order valence-corrected chi connectivity index (χ0v) is 19.0. The summed E-state index contributed by atoms with van der Waals surface area (Å²) in [6, 6.07) is 9.23. The first-order valence-electron chi connectivity index (χ1n) is 11.7. The van der Waals surface area contributed by atoms with Crippen molar-refractivity contribution >= 4 is 17.1 Å². The minimum absolute atomic E-state index is 0.244. The molecule has 3 aromatic rings. The summed E-state index contributed by atoms with van der Waals surface area (Å²) in [5.74, 6) is 1.36. The van der Waals surface area contributed by atoms with Crippen molar-refractivity contribution in [1.82, 2.24) is 19.5 Å². The van der Waals surface area contributed by atoms with E-state index in [0.29, 0.717) is 34.5 Å². The molecule has 1 saturated carbocycles. The number of nitrogens with one attached hydrogen (secondary N) is 1. The molecule has 10 nitrogen and oxygen atoms in total. The number of aliphatic hydroxyl groups excluding tert-OH is 2. The second kappa shape index (κ2) is 9.54. The molecule has 4 atom stereocenters. The molecule has 3 heterocycles. The van der Waals surface area contributed by atoms with Gasteiger partial charge in [-0.05, 0) is 43.4 Å². The van der Waals surface area contributed by atoms with Crippen molar-refractivity contribution in [3.63, 3.8) is 0 Å². The lowest BCUT2D eigenvalue weighted by atomic mass is 10.1. The molecule has 1 saturated heterocycles. The fourth-order valence-corrected chi connectivity index (χ4v) is 4.68. The Bertz CT molecular complexity index is 1180. The van der Waals surface area contributed by atoms with Crippen LogP contribution in [0.3, 0.4) is 0 Å². The number of benzene rings is 1. The highest BCUT2D eigenvalue weighted by molar-refractivity contribution is 5.79. The van der Waals surface area contributed by atoms with Crippen LogP contribution < -0.4 is 10.1 Å². The highest BCUT2D eigenvalue weighted by Crippen LogP contribution is 2.36. The molecule has 0 unspecified atom stereocenters. The van der Waals surface area contributed by atoms with Crippen LogP contribution in [0.4, 0.5) is 5.95 Å². The first kappa shape index (κ1) is 22.5. The Morgan fingerprint density at radius 2 is 1.94 bits per heavy atom. The van der Waals surface area contributed by atoms with Gasteiger partial charge in [-0.3, -0.25) is 4.57 Å². The predicted molar refractivity (Wildman–Crippen MR) is 123 cm³/mol. The Kier molecular flexibility index (Phi) is 6.32. The van der Waals surface area contributed by atoms with Crippen LogP contribution in [0.1, 0.15) is 50.0 Å². The number of fused-ring (bicyclic) bond motifs is 1. The SMILES string of the molecule is C[C@H]1O[C@@H](n2c(NCC3CCCC3)nc3c(OCc4ccc(C#N)cc4)ncnc32)[C@H](O)[C@@H]1O. The third-order valence-electron chi connectivity index (χ3n) is 6.66. The number of imidazole rings is 1. The molecule has 0 bridgehead atoms. The topological polar surface area (TPSA) is 138 Å². The van der Waals surface area contributed by atoms with E-state index in [4.69, 9.17) is 19.7 Å². The summed E-state index contributed by atoms with van der Waals surface area (Å²) in [6.07, 6.45) is 2.67. The average Bonchev–Trinajstić information content (AvgIpc) is 3.57. The second-order valence-corrected chi connectivity index (χ2v) is 9.00. The predicted octanol–water partition coefficient (Wildman–Crippen LogP) is 2.52. The highest BCUT2D eigenvalue weighted by atomic mass is 16.6. The van der Waals surface area contributed by atoms with Gasteiger partial charge in [-0.1, -0.05) is 25.0 Å². The number of nitriles is 1. The number of hydrogen-bond acceptors (Lipinski definition) is 9. The zero-order chi connectivity index (χ0) is 23.7. The van der Waals surface area contributed by atoms with Crippen LogP contribution in [0.15, 0.2) is 30.6 Å². The van der Waals surface area contributed by atoms with E-state index in [9.17, 15) is 10.2 Å². The largest absolute Gasteiger partial charge is 0.471 e. The molecule has 1 aliphatic carbocycles. The van der Waals surface area contributed by atoms with Crippen molar-refractivity contribution in [2.24, 2.45) is 5.92 Å². The van der Waals surface area contributed by atoms with Gasteiger partial charge < -0.3 is 25.0 Å². The average molecular weight is 465 g/mol. The van der Waals surface area contributed by atoms with Crippen molar-refractivity contribution < 1.29 is 19.7 Å². The van der Waals surface area contributed by atoms with Gasteiger partial charge in [-0.25, -0.2) is 9.97 Å². The van der Waals surface area contributed by atoms with Crippen molar-refractivity contribution in [1.29, 1.82) is 5.26 Å². The van der Waals surface area contributed by atoms with Crippen molar-refractivity contribution in [2.45, 2.75) is 63.8 Å². The minimum atomic E-state index is -1.13. The van der Waals surface area contributed by atoms with E-state index in [2.05, 4.69) is 21.4 Å². The number of ether oxygens (including phenoxy) is 2. The Labute approximate surface area is 197 Å². The quantitative estimate of drug-likeness (QED) is 0.481. The molecule has 5 rings (SSSR count).